The Labute approximate surface area is 163 Å². The van der Waals surface area contributed by atoms with Crippen molar-refractivity contribution in [3.8, 4) is 11.5 Å². The standard InChI is InChI=1S/C21H34N4O2/c1-21(8-5-6-9-21)15-23-20(22-2)24-16-7-10-25(14-16)17-11-18(26-3)13-19(12-17)27-4/h11-13,16H,5-10,14-15H2,1-4H3,(H2,22,23,24). The van der Waals surface area contributed by atoms with Crippen LogP contribution in [0.4, 0.5) is 5.69 Å². The normalized spacial score (nSPS) is 22.0. The van der Waals surface area contributed by atoms with E-state index in [-0.39, 0.29) is 0 Å². The number of anilines is 1. The summed E-state index contributed by atoms with van der Waals surface area (Å²) < 4.78 is 10.8. The Kier molecular flexibility index (Phi) is 6.34. The molecule has 0 amide bonds. The molecule has 27 heavy (non-hydrogen) atoms. The summed E-state index contributed by atoms with van der Waals surface area (Å²) in [5.41, 5.74) is 1.55. The van der Waals surface area contributed by atoms with Crippen LogP contribution in [0.15, 0.2) is 23.2 Å². The molecule has 6 heteroatoms. The third kappa shape index (κ3) is 4.99. The topological polar surface area (TPSA) is 58.1 Å². The summed E-state index contributed by atoms with van der Waals surface area (Å²) >= 11 is 0. The second-order valence-corrected chi connectivity index (χ2v) is 8.09. The fourth-order valence-electron chi connectivity index (χ4n) is 4.18. The molecule has 1 aliphatic heterocycles. The Bertz CT molecular complexity index is 633. The molecule has 0 bridgehead atoms. The predicted molar refractivity (Wildman–Crippen MR) is 111 cm³/mol. The Balaban J connectivity index is 1.55. The Morgan fingerprint density at radius 3 is 2.44 bits per heavy atom. The maximum atomic E-state index is 5.40. The van der Waals surface area contributed by atoms with E-state index in [0.29, 0.717) is 11.5 Å². The quantitative estimate of drug-likeness (QED) is 0.592. The Morgan fingerprint density at radius 1 is 1.19 bits per heavy atom. The van der Waals surface area contributed by atoms with Crippen LogP contribution < -0.4 is 25.0 Å². The highest BCUT2D eigenvalue weighted by Crippen LogP contribution is 2.36. The molecule has 1 saturated carbocycles. The second kappa shape index (κ2) is 8.72. The van der Waals surface area contributed by atoms with Crippen LogP contribution in [-0.2, 0) is 0 Å². The number of methoxy groups -OCH3 is 2. The molecular formula is C21H34N4O2. The number of aliphatic imine (C=N–C) groups is 1. The summed E-state index contributed by atoms with van der Waals surface area (Å²) in [6.07, 6.45) is 6.41. The number of hydrogen-bond acceptors (Lipinski definition) is 4. The average molecular weight is 375 g/mol. The first-order chi connectivity index (χ1) is 13.0. The van der Waals surface area contributed by atoms with Crippen molar-refractivity contribution in [1.82, 2.24) is 10.6 Å². The smallest absolute Gasteiger partial charge is 0.191 e. The van der Waals surface area contributed by atoms with Crippen molar-refractivity contribution in [2.75, 3.05) is 45.8 Å². The van der Waals surface area contributed by atoms with E-state index in [2.05, 4.69) is 39.6 Å². The van der Waals surface area contributed by atoms with E-state index in [1.165, 1.54) is 25.7 Å². The van der Waals surface area contributed by atoms with Gasteiger partial charge < -0.3 is 25.0 Å². The minimum atomic E-state index is 0.379. The molecule has 0 spiro atoms. The van der Waals surface area contributed by atoms with Gasteiger partial charge in [0.1, 0.15) is 11.5 Å². The molecule has 1 aliphatic carbocycles. The van der Waals surface area contributed by atoms with Gasteiger partial charge >= 0.3 is 0 Å². The molecule has 0 aromatic heterocycles. The van der Waals surface area contributed by atoms with Gasteiger partial charge in [-0.2, -0.15) is 0 Å². The van der Waals surface area contributed by atoms with Crippen molar-refractivity contribution in [3.63, 3.8) is 0 Å². The highest BCUT2D eigenvalue weighted by Gasteiger charge is 2.29. The van der Waals surface area contributed by atoms with Crippen molar-refractivity contribution in [3.05, 3.63) is 18.2 Å². The molecule has 150 valence electrons. The summed E-state index contributed by atoms with van der Waals surface area (Å²) in [7, 11) is 5.23. The van der Waals surface area contributed by atoms with Gasteiger partial charge in [-0.15, -0.1) is 0 Å². The number of guanidine groups is 1. The van der Waals surface area contributed by atoms with E-state index >= 15 is 0 Å². The molecule has 1 heterocycles. The molecule has 2 N–H and O–H groups in total. The van der Waals surface area contributed by atoms with Gasteiger partial charge in [0.25, 0.3) is 0 Å². The lowest BCUT2D eigenvalue weighted by atomic mass is 9.89. The van der Waals surface area contributed by atoms with Crippen LogP contribution in [0.5, 0.6) is 11.5 Å². The summed E-state index contributed by atoms with van der Waals surface area (Å²) in [6.45, 7) is 5.32. The highest BCUT2D eigenvalue weighted by atomic mass is 16.5. The lowest BCUT2D eigenvalue weighted by Gasteiger charge is -2.26. The Hall–Kier alpha value is -2.11. The maximum absolute atomic E-state index is 5.40. The minimum Gasteiger partial charge on any atom is -0.497 e. The largest absolute Gasteiger partial charge is 0.497 e. The van der Waals surface area contributed by atoms with Crippen LogP contribution in [0.2, 0.25) is 0 Å². The van der Waals surface area contributed by atoms with Gasteiger partial charge in [0.15, 0.2) is 5.96 Å². The molecule has 2 aliphatic rings. The van der Waals surface area contributed by atoms with E-state index in [1.807, 2.05) is 13.1 Å². The van der Waals surface area contributed by atoms with Gasteiger partial charge in [0.2, 0.25) is 0 Å². The zero-order valence-electron chi connectivity index (χ0n) is 17.2. The van der Waals surface area contributed by atoms with E-state index < -0.39 is 0 Å². The van der Waals surface area contributed by atoms with Gasteiger partial charge in [-0.1, -0.05) is 19.8 Å². The first-order valence-electron chi connectivity index (χ1n) is 10.0. The van der Waals surface area contributed by atoms with E-state index in [9.17, 15) is 0 Å². The SMILES string of the molecule is CN=C(NCC1(C)CCCC1)NC1CCN(c2cc(OC)cc(OC)c2)C1. The van der Waals surface area contributed by atoms with E-state index in [1.54, 1.807) is 14.2 Å². The van der Waals surface area contributed by atoms with Crippen LogP contribution in [0, 0.1) is 5.41 Å². The van der Waals surface area contributed by atoms with Crippen LogP contribution >= 0.6 is 0 Å². The predicted octanol–water partition coefficient (Wildman–Crippen LogP) is 3.03. The van der Waals surface area contributed by atoms with Gasteiger partial charge in [0, 0.05) is 56.6 Å². The average Bonchev–Trinajstić information content (AvgIpc) is 3.34. The molecule has 1 aromatic carbocycles. The number of benzene rings is 1. The molecule has 1 atom stereocenters. The fourth-order valence-corrected chi connectivity index (χ4v) is 4.18. The molecule has 0 radical (unpaired) electrons. The highest BCUT2D eigenvalue weighted by molar-refractivity contribution is 5.80. The molecule has 6 nitrogen and oxygen atoms in total. The van der Waals surface area contributed by atoms with Crippen LogP contribution in [0.1, 0.15) is 39.0 Å². The zero-order chi connectivity index (χ0) is 19.3. The first kappa shape index (κ1) is 19.6. The third-order valence-electron chi connectivity index (χ3n) is 5.95. The Morgan fingerprint density at radius 2 is 1.85 bits per heavy atom. The molecule has 1 unspecified atom stereocenters. The van der Waals surface area contributed by atoms with Crippen LogP contribution in [0.25, 0.3) is 0 Å². The molecule has 3 rings (SSSR count). The number of nitrogens with zero attached hydrogens (tertiary/aromatic N) is 2. The monoisotopic (exact) mass is 374 g/mol. The van der Waals surface area contributed by atoms with Crippen LogP contribution in [-0.4, -0.2) is 52.9 Å². The second-order valence-electron chi connectivity index (χ2n) is 8.09. The van der Waals surface area contributed by atoms with Crippen molar-refractivity contribution < 1.29 is 9.47 Å². The lowest BCUT2D eigenvalue weighted by molar-refractivity contribution is 0.333. The van der Waals surface area contributed by atoms with E-state index in [4.69, 9.17) is 9.47 Å². The number of ether oxygens (including phenoxy) is 2. The van der Waals surface area contributed by atoms with Crippen molar-refractivity contribution in [2.45, 2.75) is 45.1 Å². The van der Waals surface area contributed by atoms with Crippen molar-refractivity contribution in [2.24, 2.45) is 10.4 Å². The van der Waals surface area contributed by atoms with Gasteiger partial charge in [-0.3, -0.25) is 4.99 Å². The molecular weight excluding hydrogens is 340 g/mol. The van der Waals surface area contributed by atoms with Crippen LogP contribution in [0.3, 0.4) is 0 Å². The van der Waals surface area contributed by atoms with Gasteiger partial charge in [-0.05, 0) is 24.7 Å². The van der Waals surface area contributed by atoms with Gasteiger partial charge in [-0.25, -0.2) is 0 Å². The first-order valence-corrected chi connectivity index (χ1v) is 10.0. The molecule has 1 saturated heterocycles. The molecule has 1 aromatic rings. The maximum Gasteiger partial charge on any atom is 0.191 e. The number of nitrogens with one attached hydrogen (secondary N) is 2. The van der Waals surface area contributed by atoms with Crippen molar-refractivity contribution >= 4 is 11.6 Å². The van der Waals surface area contributed by atoms with E-state index in [0.717, 1.165) is 49.2 Å². The fraction of sp³-hybridized carbons (Fsp3) is 0.667. The summed E-state index contributed by atoms with van der Waals surface area (Å²) in [5.74, 6) is 2.56. The summed E-state index contributed by atoms with van der Waals surface area (Å²) in [4.78, 5) is 6.80. The molecule has 2 fully saturated rings. The van der Waals surface area contributed by atoms with Crippen molar-refractivity contribution in [1.29, 1.82) is 0 Å². The van der Waals surface area contributed by atoms with Gasteiger partial charge in [0.05, 0.1) is 14.2 Å². The zero-order valence-corrected chi connectivity index (χ0v) is 17.2. The summed E-state index contributed by atoms with van der Waals surface area (Å²) in [5, 5.41) is 7.15. The summed E-state index contributed by atoms with van der Waals surface area (Å²) in [6, 6.07) is 6.42. The lowest BCUT2D eigenvalue weighted by Crippen LogP contribution is -2.47. The minimum absolute atomic E-state index is 0.379. The number of rotatable bonds is 6. The third-order valence-corrected chi connectivity index (χ3v) is 5.95. The number of hydrogen-bond donors (Lipinski definition) is 2.